The summed E-state index contributed by atoms with van der Waals surface area (Å²) < 4.78 is 62.4. The number of anilines is 3. The minimum atomic E-state index is -4.03. The van der Waals surface area contributed by atoms with Crippen LogP contribution in [0.2, 0.25) is 0 Å². The number of nitrogens with one attached hydrogen (secondary N) is 1. The van der Waals surface area contributed by atoms with Crippen LogP contribution in [0.4, 0.5) is 30.2 Å². The first-order valence-corrected chi connectivity index (χ1v) is 7.06. The Labute approximate surface area is 118 Å². The summed E-state index contributed by atoms with van der Waals surface area (Å²) in [4.78, 5) is -0.326. The van der Waals surface area contributed by atoms with Crippen LogP contribution in [0.1, 0.15) is 0 Å². The van der Waals surface area contributed by atoms with E-state index in [1.165, 1.54) is 6.07 Å². The van der Waals surface area contributed by atoms with Gasteiger partial charge in [-0.3, -0.25) is 0 Å². The Morgan fingerprint density at radius 3 is 2.05 bits per heavy atom. The molecule has 0 amide bonds. The van der Waals surface area contributed by atoms with Gasteiger partial charge in [0.15, 0.2) is 11.6 Å². The molecule has 0 aliphatic heterocycles. The summed E-state index contributed by atoms with van der Waals surface area (Å²) >= 11 is 0. The van der Waals surface area contributed by atoms with Crippen LogP contribution in [0.3, 0.4) is 0 Å². The standard InChI is InChI=1S/C12H10F3N3O2S/c13-6-1-10(14)12(11(15)2-6)18-8-3-7(16)4-9(5-8)21(17,19)20/h1-5,18H,16H2,(H2,17,19,20). The molecule has 2 aromatic carbocycles. The maximum Gasteiger partial charge on any atom is 0.238 e. The highest BCUT2D eigenvalue weighted by Crippen LogP contribution is 2.27. The van der Waals surface area contributed by atoms with Crippen molar-refractivity contribution in [1.29, 1.82) is 0 Å². The van der Waals surface area contributed by atoms with Crippen molar-refractivity contribution < 1.29 is 21.6 Å². The number of benzene rings is 2. The summed E-state index contributed by atoms with van der Waals surface area (Å²) in [6.07, 6.45) is 0. The van der Waals surface area contributed by atoms with Gasteiger partial charge in [0.05, 0.1) is 4.90 Å². The first kappa shape index (κ1) is 15.1. The molecule has 2 rings (SSSR count). The Morgan fingerprint density at radius 1 is 0.952 bits per heavy atom. The van der Waals surface area contributed by atoms with Gasteiger partial charge in [-0.15, -0.1) is 0 Å². The molecule has 0 atom stereocenters. The summed E-state index contributed by atoms with van der Waals surface area (Å²) in [5.41, 5.74) is 4.88. The van der Waals surface area contributed by atoms with Gasteiger partial charge in [-0.25, -0.2) is 26.7 Å². The zero-order valence-corrected chi connectivity index (χ0v) is 11.2. The number of halogens is 3. The predicted octanol–water partition coefficient (Wildman–Crippen LogP) is 2.08. The summed E-state index contributed by atoms with van der Waals surface area (Å²) in [7, 11) is -4.03. The number of hydrogen-bond donors (Lipinski definition) is 3. The second-order valence-electron chi connectivity index (χ2n) is 4.21. The summed E-state index contributed by atoms with van der Waals surface area (Å²) in [6.45, 7) is 0. The molecule has 0 unspecified atom stereocenters. The van der Waals surface area contributed by atoms with Crippen molar-refractivity contribution in [3.63, 3.8) is 0 Å². The number of hydrogen-bond acceptors (Lipinski definition) is 4. The van der Waals surface area contributed by atoms with Crippen molar-refractivity contribution in [2.24, 2.45) is 5.14 Å². The van der Waals surface area contributed by atoms with E-state index in [9.17, 15) is 21.6 Å². The number of nitrogens with two attached hydrogens (primary N) is 2. The van der Waals surface area contributed by atoms with E-state index in [0.717, 1.165) is 12.1 Å². The third-order valence-electron chi connectivity index (χ3n) is 2.53. The number of sulfonamides is 1. The van der Waals surface area contributed by atoms with Gasteiger partial charge in [0, 0.05) is 23.5 Å². The van der Waals surface area contributed by atoms with E-state index in [1.807, 2.05) is 0 Å². The van der Waals surface area contributed by atoms with E-state index in [-0.39, 0.29) is 16.3 Å². The number of rotatable bonds is 3. The van der Waals surface area contributed by atoms with Crippen molar-refractivity contribution in [2.75, 3.05) is 11.1 Å². The van der Waals surface area contributed by atoms with E-state index in [0.29, 0.717) is 12.1 Å². The Morgan fingerprint density at radius 2 is 1.52 bits per heavy atom. The van der Waals surface area contributed by atoms with Gasteiger partial charge in [0.2, 0.25) is 10.0 Å². The van der Waals surface area contributed by atoms with Crippen LogP contribution in [-0.2, 0) is 10.0 Å². The van der Waals surface area contributed by atoms with Crippen LogP contribution < -0.4 is 16.2 Å². The molecule has 2 aromatic rings. The van der Waals surface area contributed by atoms with E-state index in [4.69, 9.17) is 10.9 Å². The zero-order valence-electron chi connectivity index (χ0n) is 10.4. The van der Waals surface area contributed by atoms with Crippen molar-refractivity contribution in [2.45, 2.75) is 4.90 Å². The molecule has 0 aliphatic carbocycles. The van der Waals surface area contributed by atoms with Gasteiger partial charge in [-0.2, -0.15) is 0 Å². The lowest BCUT2D eigenvalue weighted by Crippen LogP contribution is -2.13. The average molecular weight is 317 g/mol. The minimum absolute atomic E-state index is 0.0107. The van der Waals surface area contributed by atoms with Crippen LogP contribution in [0, 0.1) is 17.5 Å². The smallest absolute Gasteiger partial charge is 0.238 e. The summed E-state index contributed by atoms with van der Waals surface area (Å²) in [6, 6.07) is 4.36. The largest absolute Gasteiger partial charge is 0.399 e. The van der Waals surface area contributed by atoms with Crippen molar-refractivity contribution in [3.8, 4) is 0 Å². The summed E-state index contributed by atoms with van der Waals surface area (Å²) in [5.74, 6) is -3.42. The zero-order chi connectivity index (χ0) is 15.8. The quantitative estimate of drug-likeness (QED) is 0.755. The molecule has 0 bridgehead atoms. The van der Waals surface area contributed by atoms with E-state index in [2.05, 4.69) is 5.32 Å². The molecule has 5 N–H and O–H groups in total. The lowest BCUT2D eigenvalue weighted by atomic mass is 10.2. The maximum atomic E-state index is 13.5. The Balaban J connectivity index is 2.48. The predicted molar refractivity (Wildman–Crippen MR) is 71.8 cm³/mol. The topological polar surface area (TPSA) is 98.2 Å². The highest BCUT2D eigenvalue weighted by Gasteiger charge is 2.14. The summed E-state index contributed by atoms with van der Waals surface area (Å²) in [5, 5.41) is 7.26. The first-order valence-electron chi connectivity index (χ1n) is 5.52. The third-order valence-corrected chi connectivity index (χ3v) is 3.43. The van der Waals surface area contributed by atoms with Gasteiger partial charge in [0.25, 0.3) is 0 Å². The van der Waals surface area contributed by atoms with E-state index >= 15 is 0 Å². The molecule has 0 radical (unpaired) electrons. The number of nitrogen functional groups attached to an aromatic ring is 1. The Kier molecular flexibility index (Phi) is 3.79. The molecular formula is C12H10F3N3O2S. The fraction of sp³-hybridized carbons (Fsp3) is 0. The molecule has 9 heteroatoms. The fourth-order valence-electron chi connectivity index (χ4n) is 1.66. The Hall–Kier alpha value is -2.26. The first-order chi connectivity index (χ1) is 9.66. The highest BCUT2D eigenvalue weighted by molar-refractivity contribution is 7.89. The SMILES string of the molecule is Nc1cc(Nc2c(F)cc(F)cc2F)cc(S(N)(=O)=O)c1. The lowest BCUT2D eigenvalue weighted by molar-refractivity contribution is 0.549. The third kappa shape index (κ3) is 3.44. The van der Waals surface area contributed by atoms with Crippen molar-refractivity contribution in [1.82, 2.24) is 0 Å². The fourth-order valence-corrected chi connectivity index (χ4v) is 2.26. The molecule has 21 heavy (non-hydrogen) atoms. The normalized spacial score (nSPS) is 11.4. The Bertz CT molecular complexity index is 786. The highest BCUT2D eigenvalue weighted by atomic mass is 32.2. The van der Waals surface area contributed by atoms with Crippen molar-refractivity contribution >= 4 is 27.1 Å². The van der Waals surface area contributed by atoms with E-state index < -0.39 is 33.2 Å². The average Bonchev–Trinajstić information content (AvgIpc) is 2.32. The molecular weight excluding hydrogens is 307 g/mol. The maximum absolute atomic E-state index is 13.5. The van der Waals surface area contributed by atoms with Crippen LogP contribution in [0.25, 0.3) is 0 Å². The molecule has 0 saturated heterocycles. The van der Waals surface area contributed by atoms with Crippen LogP contribution in [-0.4, -0.2) is 8.42 Å². The van der Waals surface area contributed by atoms with Gasteiger partial charge < -0.3 is 11.1 Å². The van der Waals surface area contributed by atoms with E-state index in [1.54, 1.807) is 0 Å². The van der Waals surface area contributed by atoms with Gasteiger partial charge >= 0.3 is 0 Å². The molecule has 0 spiro atoms. The second kappa shape index (κ2) is 5.26. The monoisotopic (exact) mass is 317 g/mol. The van der Waals surface area contributed by atoms with Crippen LogP contribution in [0.15, 0.2) is 35.2 Å². The molecule has 0 aromatic heterocycles. The molecule has 112 valence electrons. The lowest BCUT2D eigenvalue weighted by Gasteiger charge is -2.11. The molecule has 0 aliphatic rings. The molecule has 0 saturated carbocycles. The molecule has 5 nitrogen and oxygen atoms in total. The second-order valence-corrected chi connectivity index (χ2v) is 5.77. The minimum Gasteiger partial charge on any atom is -0.399 e. The van der Waals surface area contributed by atoms with Crippen LogP contribution in [0.5, 0.6) is 0 Å². The van der Waals surface area contributed by atoms with Crippen LogP contribution >= 0.6 is 0 Å². The van der Waals surface area contributed by atoms with Gasteiger partial charge in [-0.1, -0.05) is 0 Å². The number of primary sulfonamides is 1. The van der Waals surface area contributed by atoms with Gasteiger partial charge in [0.1, 0.15) is 11.5 Å². The molecule has 0 fully saturated rings. The molecule has 0 heterocycles. The van der Waals surface area contributed by atoms with Crippen molar-refractivity contribution in [3.05, 3.63) is 47.8 Å². The van der Waals surface area contributed by atoms with Gasteiger partial charge in [-0.05, 0) is 18.2 Å².